The van der Waals surface area contributed by atoms with Crippen LogP contribution in [0.25, 0.3) is 10.9 Å². The topological polar surface area (TPSA) is 64.0 Å². The van der Waals surface area contributed by atoms with Gasteiger partial charge in [-0.2, -0.15) is 0 Å². The van der Waals surface area contributed by atoms with Gasteiger partial charge in [0.25, 0.3) is 5.56 Å². The predicted molar refractivity (Wildman–Crippen MR) is 78.9 cm³/mol. The number of nitrogens with zero attached hydrogens (tertiary/aromatic N) is 2. The van der Waals surface area contributed by atoms with Crippen molar-refractivity contribution < 1.29 is 4.79 Å². The molecule has 0 spiro atoms. The highest BCUT2D eigenvalue weighted by Gasteiger charge is 2.15. The van der Waals surface area contributed by atoms with Crippen LogP contribution < -0.4 is 10.9 Å². The van der Waals surface area contributed by atoms with Gasteiger partial charge in [0.15, 0.2) is 0 Å². The Hall–Kier alpha value is -1.88. The molecule has 0 saturated heterocycles. The molecule has 6 heteroatoms. The van der Waals surface area contributed by atoms with Crippen LogP contribution in [0.15, 0.2) is 29.3 Å². The molecule has 1 aromatic carbocycles. The quantitative estimate of drug-likeness (QED) is 0.920. The molecular formula is C14H16ClN3O2. The first kappa shape index (κ1) is 14.5. The second-order valence-electron chi connectivity index (χ2n) is 5.64. The van der Waals surface area contributed by atoms with Crippen molar-refractivity contribution in [1.29, 1.82) is 0 Å². The Morgan fingerprint density at radius 2 is 2.10 bits per heavy atom. The third-order valence-electron chi connectivity index (χ3n) is 2.61. The normalized spacial score (nSPS) is 11.6. The number of amides is 1. The van der Waals surface area contributed by atoms with E-state index in [0.29, 0.717) is 15.9 Å². The molecular weight excluding hydrogens is 278 g/mol. The van der Waals surface area contributed by atoms with Gasteiger partial charge in [-0.05, 0) is 39.0 Å². The van der Waals surface area contributed by atoms with Gasteiger partial charge in [-0.3, -0.25) is 14.2 Å². The molecule has 0 aliphatic carbocycles. The van der Waals surface area contributed by atoms with E-state index in [1.807, 2.05) is 20.8 Å². The first-order valence-electron chi connectivity index (χ1n) is 6.22. The Balaban J connectivity index is 2.34. The van der Waals surface area contributed by atoms with Gasteiger partial charge in [0, 0.05) is 10.6 Å². The number of halogens is 1. The number of hydrogen-bond acceptors (Lipinski definition) is 3. The molecule has 0 unspecified atom stereocenters. The predicted octanol–water partition coefficient (Wildman–Crippen LogP) is 1.96. The number of aromatic nitrogens is 2. The van der Waals surface area contributed by atoms with Crippen LogP contribution >= 0.6 is 11.6 Å². The monoisotopic (exact) mass is 293 g/mol. The maximum Gasteiger partial charge on any atom is 0.261 e. The minimum atomic E-state index is -0.339. The van der Waals surface area contributed by atoms with Crippen LogP contribution in [0.4, 0.5) is 0 Å². The summed E-state index contributed by atoms with van der Waals surface area (Å²) in [5.41, 5.74) is -0.0534. The molecule has 106 valence electrons. The average molecular weight is 294 g/mol. The van der Waals surface area contributed by atoms with Crippen LogP contribution in [-0.4, -0.2) is 21.0 Å². The molecule has 5 nitrogen and oxygen atoms in total. The Labute approximate surface area is 121 Å². The lowest BCUT2D eigenvalue weighted by molar-refractivity contribution is -0.123. The van der Waals surface area contributed by atoms with E-state index < -0.39 is 0 Å². The summed E-state index contributed by atoms with van der Waals surface area (Å²) in [4.78, 5) is 28.3. The third-order valence-corrected chi connectivity index (χ3v) is 2.85. The summed E-state index contributed by atoms with van der Waals surface area (Å²) in [6, 6.07) is 4.91. The summed E-state index contributed by atoms with van der Waals surface area (Å²) in [6.45, 7) is 5.58. The fourth-order valence-corrected chi connectivity index (χ4v) is 2.03. The van der Waals surface area contributed by atoms with Crippen molar-refractivity contribution in [3.8, 4) is 0 Å². The average Bonchev–Trinajstić information content (AvgIpc) is 2.31. The molecule has 0 aliphatic rings. The molecule has 2 rings (SSSR count). The number of carbonyl (C=O) groups is 1. The zero-order valence-corrected chi connectivity index (χ0v) is 12.4. The van der Waals surface area contributed by atoms with Gasteiger partial charge in [0.2, 0.25) is 5.91 Å². The van der Waals surface area contributed by atoms with Gasteiger partial charge in [0.1, 0.15) is 6.54 Å². The minimum absolute atomic E-state index is 0.0639. The van der Waals surface area contributed by atoms with E-state index in [4.69, 9.17) is 11.6 Å². The van der Waals surface area contributed by atoms with E-state index >= 15 is 0 Å². The summed E-state index contributed by atoms with van der Waals surface area (Å²) in [7, 11) is 0. The van der Waals surface area contributed by atoms with Gasteiger partial charge in [-0.1, -0.05) is 11.6 Å². The molecule has 0 saturated carbocycles. The summed E-state index contributed by atoms with van der Waals surface area (Å²) < 4.78 is 1.28. The maximum atomic E-state index is 12.3. The second-order valence-corrected chi connectivity index (χ2v) is 6.07. The largest absolute Gasteiger partial charge is 0.350 e. The molecule has 1 aromatic heterocycles. The smallest absolute Gasteiger partial charge is 0.261 e. The Bertz CT molecular complexity index is 716. The lowest BCUT2D eigenvalue weighted by atomic mass is 10.1. The van der Waals surface area contributed by atoms with E-state index in [0.717, 1.165) is 0 Å². The van der Waals surface area contributed by atoms with Crippen LogP contribution in [0.3, 0.4) is 0 Å². The lowest BCUT2D eigenvalue weighted by Crippen LogP contribution is -2.43. The number of benzene rings is 1. The van der Waals surface area contributed by atoms with Crippen LogP contribution in [0.2, 0.25) is 5.02 Å². The zero-order chi connectivity index (χ0) is 14.9. The number of rotatable bonds is 2. The number of nitrogens with one attached hydrogen (secondary N) is 1. The van der Waals surface area contributed by atoms with Crippen LogP contribution in [0, 0.1) is 0 Å². The Morgan fingerprint density at radius 1 is 1.40 bits per heavy atom. The van der Waals surface area contributed by atoms with Crippen molar-refractivity contribution in [2.45, 2.75) is 32.9 Å². The van der Waals surface area contributed by atoms with Crippen molar-refractivity contribution in [3.63, 3.8) is 0 Å². The highest BCUT2D eigenvalue weighted by molar-refractivity contribution is 6.31. The molecule has 2 aromatic rings. The van der Waals surface area contributed by atoms with E-state index in [1.54, 1.807) is 18.2 Å². The molecule has 0 atom stereocenters. The highest BCUT2D eigenvalue weighted by atomic mass is 35.5. The highest BCUT2D eigenvalue weighted by Crippen LogP contribution is 2.14. The lowest BCUT2D eigenvalue weighted by Gasteiger charge is -2.20. The minimum Gasteiger partial charge on any atom is -0.350 e. The molecule has 0 bridgehead atoms. The molecule has 1 N–H and O–H groups in total. The number of fused-ring (bicyclic) bond motifs is 1. The summed E-state index contributed by atoms with van der Waals surface area (Å²) in [5.74, 6) is -0.234. The standard InChI is InChI=1S/C14H16ClN3O2/c1-14(2,3)17-12(19)7-18-8-16-11-5-4-9(15)6-10(11)13(18)20/h4-6,8H,7H2,1-3H3,(H,17,19). The molecule has 0 aliphatic heterocycles. The zero-order valence-electron chi connectivity index (χ0n) is 11.6. The van der Waals surface area contributed by atoms with Crippen molar-refractivity contribution in [2.75, 3.05) is 0 Å². The number of carbonyl (C=O) groups excluding carboxylic acids is 1. The SMILES string of the molecule is CC(C)(C)NC(=O)Cn1cnc2ccc(Cl)cc2c1=O. The van der Waals surface area contributed by atoms with Crippen molar-refractivity contribution in [2.24, 2.45) is 0 Å². The van der Waals surface area contributed by atoms with E-state index in [2.05, 4.69) is 10.3 Å². The van der Waals surface area contributed by atoms with Gasteiger partial charge >= 0.3 is 0 Å². The van der Waals surface area contributed by atoms with Crippen molar-refractivity contribution in [1.82, 2.24) is 14.9 Å². The van der Waals surface area contributed by atoms with Crippen molar-refractivity contribution >= 4 is 28.4 Å². The van der Waals surface area contributed by atoms with Gasteiger partial charge in [0.05, 0.1) is 17.2 Å². The van der Waals surface area contributed by atoms with Gasteiger partial charge in [-0.15, -0.1) is 0 Å². The molecule has 1 heterocycles. The molecule has 20 heavy (non-hydrogen) atoms. The first-order valence-corrected chi connectivity index (χ1v) is 6.60. The maximum absolute atomic E-state index is 12.3. The van der Waals surface area contributed by atoms with E-state index in [9.17, 15) is 9.59 Å². The fraction of sp³-hybridized carbons (Fsp3) is 0.357. The van der Waals surface area contributed by atoms with E-state index in [1.165, 1.54) is 10.9 Å². The van der Waals surface area contributed by atoms with Crippen molar-refractivity contribution in [3.05, 3.63) is 39.9 Å². The van der Waals surface area contributed by atoms with E-state index in [-0.39, 0.29) is 23.6 Å². The van der Waals surface area contributed by atoms with Crippen LogP contribution in [0.5, 0.6) is 0 Å². The van der Waals surface area contributed by atoms with Gasteiger partial charge in [-0.25, -0.2) is 4.98 Å². The van der Waals surface area contributed by atoms with Gasteiger partial charge < -0.3 is 5.32 Å². The van der Waals surface area contributed by atoms with Crippen LogP contribution in [-0.2, 0) is 11.3 Å². The molecule has 0 radical (unpaired) electrons. The Kier molecular flexibility index (Phi) is 3.81. The summed E-state index contributed by atoms with van der Waals surface area (Å²) in [6.07, 6.45) is 1.38. The molecule has 1 amide bonds. The summed E-state index contributed by atoms with van der Waals surface area (Å²) in [5, 5.41) is 3.67. The van der Waals surface area contributed by atoms with Crippen LogP contribution in [0.1, 0.15) is 20.8 Å². The Morgan fingerprint density at radius 3 is 2.75 bits per heavy atom. The fourth-order valence-electron chi connectivity index (χ4n) is 1.86. The molecule has 0 fully saturated rings. The second kappa shape index (κ2) is 5.25. The third kappa shape index (κ3) is 3.36. The number of hydrogen-bond donors (Lipinski definition) is 1. The summed E-state index contributed by atoms with van der Waals surface area (Å²) >= 11 is 5.88. The first-order chi connectivity index (χ1) is 9.26.